The van der Waals surface area contributed by atoms with Gasteiger partial charge in [-0.15, -0.1) is 0 Å². The van der Waals surface area contributed by atoms with Gasteiger partial charge >= 0.3 is 11.9 Å². The zero-order valence-corrected chi connectivity index (χ0v) is 18.6. The Hall–Kier alpha value is -3.27. The number of ether oxygens (including phenoxy) is 2. The summed E-state index contributed by atoms with van der Waals surface area (Å²) in [4.78, 5) is 41.7. The van der Waals surface area contributed by atoms with E-state index < -0.39 is 17.8 Å². The van der Waals surface area contributed by atoms with Crippen molar-refractivity contribution in [3.05, 3.63) is 46.5 Å². The molecule has 0 saturated heterocycles. The molecule has 9 nitrogen and oxygen atoms in total. The van der Waals surface area contributed by atoms with Gasteiger partial charge in [-0.1, -0.05) is 11.3 Å². The van der Waals surface area contributed by atoms with Gasteiger partial charge in [-0.3, -0.25) is 14.3 Å². The van der Waals surface area contributed by atoms with Gasteiger partial charge in [0.25, 0.3) is 5.91 Å². The quantitative estimate of drug-likeness (QED) is 0.519. The number of nitrogens with zero attached hydrogens (tertiary/aromatic N) is 4. The number of hydrogen-bond acceptors (Lipinski definition) is 7. The third-order valence-corrected chi connectivity index (χ3v) is 5.40. The summed E-state index contributed by atoms with van der Waals surface area (Å²) in [5.41, 5.74) is 1.40. The number of aromatic nitrogens is 3. The lowest BCUT2D eigenvalue weighted by atomic mass is 10.2. The summed E-state index contributed by atoms with van der Waals surface area (Å²) in [6.07, 6.45) is 1.55. The highest BCUT2D eigenvalue weighted by Crippen LogP contribution is 2.20. The van der Waals surface area contributed by atoms with E-state index in [1.165, 1.54) is 11.3 Å². The van der Waals surface area contributed by atoms with Gasteiger partial charge in [-0.25, -0.2) is 4.79 Å². The molecule has 1 amide bonds. The molecule has 0 fully saturated rings. The second-order valence-electron chi connectivity index (χ2n) is 6.85. The van der Waals surface area contributed by atoms with E-state index in [-0.39, 0.29) is 25.8 Å². The first kappa shape index (κ1) is 22.4. The molecule has 3 rings (SSSR count). The number of hydrogen-bond donors (Lipinski definition) is 0. The fourth-order valence-electron chi connectivity index (χ4n) is 3.03. The van der Waals surface area contributed by atoms with Crippen molar-refractivity contribution in [1.29, 1.82) is 0 Å². The van der Waals surface area contributed by atoms with Crippen LogP contribution in [0.5, 0.6) is 0 Å². The second kappa shape index (κ2) is 9.69. The third-order valence-electron chi connectivity index (χ3n) is 4.36. The molecule has 0 spiro atoms. The van der Waals surface area contributed by atoms with Gasteiger partial charge in [-0.2, -0.15) is 10.1 Å². The smallest absolute Gasteiger partial charge is 0.338 e. The largest absolute Gasteiger partial charge is 0.465 e. The third kappa shape index (κ3) is 4.91. The average molecular weight is 445 g/mol. The van der Waals surface area contributed by atoms with Crippen molar-refractivity contribution in [2.24, 2.45) is 4.99 Å². The van der Waals surface area contributed by atoms with Crippen LogP contribution in [-0.4, -0.2) is 45.4 Å². The predicted molar refractivity (Wildman–Crippen MR) is 115 cm³/mol. The molecule has 1 aromatic carbocycles. The van der Waals surface area contributed by atoms with Gasteiger partial charge in [0.2, 0.25) is 0 Å². The Morgan fingerprint density at radius 1 is 1.13 bits per heavy atom. The van der Waals surface area contributed by atoms with Crippen molar-refractivity contribution in [2.45, 2.75) is 40.3 Å². The molecule has 0 saturated carbocycles. The number of amides is 1. The molecular formula is C21H24N4O5S. The Morgan fingerprint density at radius 2 is 1.87 bits per heavy atom. The zero-order chi connectivity index (χ0) is 22.5. The molecule has 0 unspecified atom stereocenters. The van der Waals surface area contributed by atoms with Crippen LogP contribution >= 0.6 is 11.3 Å². The van der Waals surface area contributed by atoms with Gasteiger partial charge in [0.15, 0.2) is 4.80 Å². The van der Waals surface area contributed by atoms with Crippen molar-refractivity contribution in [2.75, 3.05) is 13.2 Å². The standard InChI is InChI=1S/C21H24N4O5S/c1-5-29-18(26)12-24-15-8-7-14(20(28)30-6-2)11-17(15)31-21(24)23-19(27)16-9-10-22-25(16)13(3)4/h7-11,13H,5-6,12H2,1-4H3. The molecule has 0 bridgehead atoms. The predicted octanol–water partition coefficient (Wildman–Crippen LogP) is 2.96. The molecule has 0 aliphatic heterocycles. The second-order valence-corrected chi connectivity index (χ2v) is 7.86. The van der Waals surface area contributed by atoms with Gasteiger partial charge in [0.1, 0.15) is 12.2 Å². The molecule has 0 atom stereocenters. The summed E-state index contributed by atoms with van der Waals surface area (Å²) in [5, 5.41) is 4.17. The summed E-state index contributed by atoms with van der Waals surface area (Å²) in [6.45, 7) is 7.70. The van der Waals surface area contributed by atoms with E-state index in [0.29, 0.717) is 26.3 Å². The van der Waals surface area contributed by atoms with Crippen LogP contribution in [0.15, 0.2) is 35.5 Å². The maximum atomic E-state index is 12.9. The van der Waals surface area contributed by atoms with Crippen LogP contribution in [0.3, 0.4) is 0 Å². The molecule has 2 heterocycles. The van der Waals surface area contributed by atoms with E-state index >= 15 is 0 Å². The average Bonchev–Trinajstić information content (AvgIpc) is 3.34. The van der Waals surface area contributed by atoms with E-state index in [4.69, 9.17) is 9.47 Å². The Balaban J connectivity index is 2.12. The van der Waals surface area contributed by atoms with Gasteiger partial charge in [-0.05, 0) is 52.0 Å². The fraction of sp³-hybridized carbons (Fsp3) is 0.381. The molecule has 31 heavy (non-hydrogen) atoms. The Bertz CT molecular complexity index is 1190. The van der Waals surface area contributed by atoms with Crippen LogP contribution in [0.2, 0.25) is 0 Å². The van der Waals surface area contributed by atoms with E-state index in [0.717, 1.165) is 0 Å². The normalized spacial score (nSPS) is 11.8. The summed E-state index contributed by atoms with van der Waals surface area (Å²) >= 11 is 1.20. The van der Waals surface area contributed by atoms with E-state index in [1.54, 1.807) is 53.6 Å². The lowest BCUT2D eigenvalue weighted by molar-refractivity contribution is -0.143. The van der Waals surface area contributed by atoms with Crippen LogP contribution in [0.25, 0.3) is 10.2 Å². The molecule has 0 aliphatic rings. The molecule has 10 heteroatoms. The molecule has 0 N–H and O–H groups in total. The van der Waals surface area contributed by atoms with Crippen molar-refractivity contribution >= 4 is 39.4 Å². The molecule has 3 aromatic rings. The fourth-order valence-corrected chi connectivity index (χ4v) is 4.09. The maximum Gasteiger partial charge on any atom is 0.338 e. The van der Waals surface area contributed by atoms with Crippen molar-refractivity contribution in [3.8, 4) is 0 Å². The maximum absolute atomic E-state index is 12.9. The number of benzene rings is 1. The zero-order valence-electron chi connectivity index (χ0n) is 17.8. The minimum atomic E-state index is -0.471. The van der Waals surface area contributed by atoms with Gasteiger partial charge in [0.05, 0.1) is 29.0 Å². The first-order valence-corrected chi connectivity index (χ1v) is 10.8. The number of thiazole rings is 1. The molecule has 0 radical (unpaired) electrons. The minimum absolute atomic E-state index is 0.00894. The number of carbonyl (C=O) groups excluding carboxylic acids is 3. The van der Waals surface area contributed by atoms with Crippen LogP contribution in [0.1, 0.15) is 54.6 Å². The molecule has 2 aromatic heterocycles. The lowest BCUT2D eigenvalue weighted by Gasteiger charge is -2.08. The Morgan fingerprint density at radius 3 is 2.55 bits per heavy atom. The van der Waals surface area contributed by atoms with E-state index in [9.17, 15) is 14.4 Å². The number of fused-ring (bicyclic) bond motifs is 1. The molecule has 0 aliphatic carbocycles. The van der Waals surface area contributed by atoms with Crippen LogP contribution in [0.4, 0.5) is 0 Å². The number of rotatable bonds is 7. The van der Waals surface area contributed by atoms with Crippen LogP contribution in [0, 0.1) is 0 Å². The van der Waals surface area contributed by atoms with E-state index in [1.807, 2.05) is 13.8 Å². The SMILES string of the molecule is CCOC(=O)Cn1c(=NC(=O)c2ccnn2C(C)C)sc2cc(C(=O)OCC)ccc21. The molecule has 164 valence electrons. The summed E-state index contributed by atoms with van der Waals surface area (Å²) in [5.74, 6) is -1.36. The molecular weight excluding hydrogens is 420 g/mol. The highest BCUT2D eigenvalue weighted by atomic mass is 32.1. The lowest BCUT2D eigenvalue weighted by Crippen LogP contribution is -2.23. The summed E-state index contributed by atoms with van der Waals surface area (Å²) in [6, 6.07) is 6.59. The minimum Gasteiger partial charge on any atom is -0.465 e. The monoisotopic (exact) mass is 444 g/mol. The Labute approximate surface area is 182 Å². The Kier molecular flexibility index (Phi) is 7.01. The number of carbonyl (C=O) groups is 3. The summed E-state index contributed by atoms with van der Waals surface area (Å²) in [7, 11) is 0. The highest BCUT2D eigenvalue weighted by Gasteiger charge is 2.17. The summed E-state index contributed by atoms with van der Waals surface area (Å²) < 4.78 is 14.0. The first-order chi connectivity index (χ1) is 14.8. The highest BCUT2D eigenvalue weighted by molar-refractivity contribution is 7.16. The van der Waals surface area contributed by atoms with Crippen molar-refractivity contribution in [3.63, 3.8) is 0 Å². The van der Waals surface area contributed by atoms with Crippen LogP contribution in [-0.2, 0) is 20.8 Å². The van der Waals surface area contributed by atoms with Crippen molar-refractivity contribution < 1.29 is 23.9 Å². The topological polar surface area (TPSA) is 105 Å². The number of esters is 2. The van der Waals surface area contributed by atoms with Gasteiger partial charge in [0, 0.05) is 12.2 Å². The van der Waals surface area contributed by atoms with Crippen LogP contribution < -0.4 is 4.80 Å². The van der Waals surface area contributed by atoms with Crippen molar-refractivity contribution in [1.82, 2.24) is 14.3 Å². The van der Waals surface area contributed by atoms with E-state index in [2.05, 4.69) is 10.1 Å². The van der Waals surface area contributed by atoms with Gasteiger partial charge < -0.3 is 14.0 Å². The first-order valence-electron chi connectivity index (χ1n) is 9.94.